The number of nitro benzene ring substituents is 1. The normalized spacial score (nSPS) is 9.95. The van der Waals surface area contributed by atoms with Crippen molar-refractivity contribution in [2.24, 2.45) is 0 Å². The Morgan fingerprint density at radius 1 is 1.45 bits per heavy atom. The van der Waals surface area contributed by atoms with Gasteiger partial charge in [-0.2, -0.15) is 0 Å². The van der Waals surface area contributed by atoms with Gasteiger partial charge in [0, 0.05) is 33.1 Å². The molecule has 0 heterocycles. The molecule has 8 heteroatoms. The summed E-state index contributed by atoms with van der Waals surface area (Å²) in [7, 11) is 3.00. The number of carbonyl (C=O) groups excluding carboxylic acids is 2. The first-order valence-electron chi connectivity index (χ1n) is 5.77. The van der Waals surface area contributed by atoms with Crippen molar-refractivity contribution in [3.05, 3.63) is 38.9 Å². The molecule has 0 spiro atoms. The van der Waals surface area contributed by atoms with Crippen molar-refractivity contribution in [2.45, 2.75) is 6.42 Å². The molecule has 20 heavy (non-hydrogen) atoms. The standard InChI is InChI=1S/C12H14ClN3O4/c1-14-10(17)6-7-15(2)12(18)8-4-3-5-9(11(8)13)16(19)20/h3-5H,6-7H2,1-2H3,(H,14,17). The summed E-state index contributed by atoms with van der Waals surface area (Å²) in [4.78, 5) is 34.7. The number of nitrogens with one attached hydrogen (secondary N) is 1. The summed E-state index contributed by atoms with van der Waals surface area (Å²) in [6.07, 6.45) is 0.144. The largest absolute Gasteiger partial charge is 0.359 e. The topological polar surface area (TPSA) is 92.6 Å². The Labute approximate surface area is 120 Å². The second-order valence-electron chi connectivity index (χ2n) is 4.05. The van der Waals surface area contributed by atoms with Crippen LogP contribution in [0.2, 0.25) is 5.02 Å². The van der Waals surface area contributed by atoms with Gasteiger partial charge in [0.15, 0.2) is 0 Å². The molecular weight excluding hydrogens is 286 g/mol. The molecule has 0 saturated carbocycles. The predicted molar refractivity (Wildman–Crippen MR) is 73.8 cm³/mol. The van der Waals surface area contributed by atoms with Gasteiger partial charge in [0.1, 0.15) is 5.02 Å². The number of carbonyl (C=O) groups is 2. The second-order valence-corrected chi connectivity index (χ2v) is 4.42. The molecule has 1 N–H and O–H groups in total. The van der Waals surface area contributed by atoms with E-state index in [4.69, 9.17) is 11.6 Å². The van der Waals surface area contributed by atoms with Crippen molar-refractivity contribution >= 4 is 29.1 Å². The Balaban J connectivity index is 2.89. The van der Waals surface area contributed by atoms with Gasteiger partial charge in [-0.3, -0.25) is 19.7 Å². The minimum atomic E-state index is -0.649. The molecule has 1 rings (SSSR count). The molecule has 0 aliphatic carbocycles. The molecule has 0 aliphatic rings. The van der Waals surface area contributed by atoms with Gasteiger partial charge in [-0.1, -0.05) is 17.7 Å². The van der Waals surface area contributed by atoms with Gasteiger partial charge in [0.05, 0.1) is 10.5 Å². The molecule has 0 aliphatic heterocycles. The third-order valence-corrected chi connectivity index (χ3v) is 3.10. The lowest BCUT2D eigenvalue weighted by Crippen LogP contribution is -2.31. The second kappa shape index (κ2) is 6.85. The fourth-order valence-corrected chi connectivity index (χ4v) is 1.80. The van der Waals surface area contributed by atoms with Crippen LogP contribution in [0.4, 0.5) is 5.69 Å². The molecule has 0 radical (unpaired) electrons. The highest BCUT2D eigenvalue weighted by molar-refractivity contribution is 6.35. The van der Waals surface area contributed by atoms with Gasteiger partial charge in [0.25, 0.3) is 11.6 Å². The van der Waals surface area contributed by atoms with E-state index in [0.29, 0.717) is 0 Å². The summed E-state index contributed by atoms with van der Waals surface area (Å²) >= 11 is 5.86. The van der Waals surface area contributed by atoms with Gasteiger partial charge < -0.3 is 10.2 Å². The molecule has 0 unspecified atom stereocenters. The molecular formula is C12H14ClN3O4. The Bertz CT molecular complexity index is 548. The number of nitrogens with zero attached hydrogens (tertiary/aromatic N) is 2. The van der Waals surface area contributed by atoms with E-state index < -0.39 is 10.8 Å². The van der Waals surface area contributed by atoms with E-state index in [-0.39, 0.29) is 35.1 Å². The van der Waals surface area contributed by atoms with Gasteiger partial charge in [0.2, 0.25) is 5.91 Å². The molecule has 108 valence electrons. The van der Waals surface area contributed by atoms with Crippen LogP contribution in [0, 0.1) is 10.1 Å². The van der Waals surface area contributed by atoms with Crippen molar-refractivity contribution in [3.63, 3.8) is 0 Å². The van der Waals surface area contributed by atoms with Crippen molar-refractivity contribution < 1.29 is 14.5 Å². The number of nitro groups is 1. The summed E-state index contributed by atoms with van der Waals surface area (Å²) in [6.45, 7) is 0.192. The van der Waals surface area contributed by atoms with Gasteiger partial charge >= 0.3 is 0 Å². The van der Waals surface area contributed by atoms with E-state index in [1.807, 2.05) is 0 Å². The van der Waals surface area contributed by atoms with Crippen LogP contribution < -0.4 is 5.32 Å². The Hall–Kier alpha value is -2.15. The molecule has 2 amide bonds. The zero-order valence-electron chi connectivity index (χ0n) is 11.1. The highest BCUT2D eigenvalue weighted by Crippen LogP contribution is 2.28. The molecule has 1 aromatic carbocycles. The van der Waals surface area contributed by atoms with Crippen LogP contribution in [0.3, 0.4) is 0 Å². The fraction of sp³-hybridized carbons (Fsp3) is 0.333. The number of hydrogen-bond donors (Lipinski definition) is 1. The number of hydrogen-bond acceptors (Lipinski definition) is 4. The van der Waals surface area contributed by atoms with E-state index in [0.717, 1.165) is 0 Å². The molecule has 7 nitrogen and oxygen atoms in total. The lowest BCUT2D eigenvalue weighted by Gasteiger charge is -2.17. The maximum Gasteiger partial charge on any atom is 0.288 e. The average Bonchev–Trinajstić information content (AvgIpc) is 2.43. The smallest absolute Gasteiger partial charge is 0.288 e. The van der Waals surface area contributed by atoms with Crippen LogP contribution in [-0.4, -0.2) is 42.3 Å². The first-order chi connectivity index (χ1) is 9.38. The quantitative estimate of drug-likeness (QED) is 0.658. The molecule has 0 saturated heterocycles. The maximum atomic E-state index is 12.1. The summed E-state index contributed by atoms with van der Waals surface area (Å²) < 4.78 is 0. The van der Waals surface area contributed by atoms with E-state index in [1.165, 1.54) is 37.2 Å². The third-order valence-electron chi connectivity index (χ3n) is 2.71. The number of halogens is 1. The van der Waals surface area contributed by atoms with Crippen molar-refractivity contribution in [1.82, 2.24) is 10.2 Å². The highest BCUT2D eigenvalue weighted by atomic mass is 35.5. The molecule has 0 aromatic heterocycles. The average molecular weight is 300 g/mol. The fourth-order valence-electron chi connectivity index (χ4n) is 1.53. The molecule has 1 aromatic rings. The molecule has 0 atom stereocenters. The van der Waals surface area contributed by atoms with Gasteiger partial charge in [-0.15, -0.1) is 0 Å². The minimum absolute atomic E-state index is 0.0419. The van der Waals surface area contributed by atoms with Crippen molar-refractivity contribution in [3.8, 4) is 0 Å². The Morgan fingerprint density at radius 3 is 2.65 bits per heavy atom. The first kappa shape index (κ1) is 15.9. The van der Waals surface area contributed by atoms with E-state index in [1.54, 1.807) is 0 Å². The SMILES string of the molecule is CNC(=O)CCN(C)C(=O)c1cccc([N+](=O)[O-])c1Cl. The van der Waals surface area contributed by atoms with Crippen molar-refractivity contribution in [1.29, 1.82) is 0 Å². The monoisotopic (exact) mass is 299 g/mol. The van der Waals surface area contributed by atoms with Gasteiger partial charge in [-0.25, -0.2) is 0 Å². The zero-order chi connectivity index (χ0) is 15.3. The molecule has 0 bridgehead atoms. The summed E-state index contributed by atoms with van der Waals surface area (Å²) in [5.41, 5.74) is -0.280. The first-order valence-corrected chi connectivity index (χ1v) is 6.15. The van der Waals surface area contributed by atoms with Crippen LogP contribution in [0.5, 0.6) is 0 Å². The van der Waals surface area contributed by atoms with E-state index >= 15 is 0 Å². The lowest BCUT2D eigenvalue weighted by molar-refractivity contribution is -0.384. The summed E-state index contributed by atoms with van der Waals surface area (Å²) in [5.74, 6) is -0.669. The minimum Gasteiger partial charge on any atom is -0.359 e. The lowest BCUT2D eigenvalue weighted by atomic mass is 10.1. The van der Waals surface area contributed by atoms with E-state index in [9.17, 15) is 19.7 Å². The van der Waals surface area contributed by atoms with Crippen LogP contribution in [0.25, 0.3) is 0 Å². The maximum absolute atomic E-state index is 12.1. The Morgan fingerprint density at radius 2 is 2.10 bits per heavy atom. The number of rotatable bonds is 5. The zero-order valence-corrected chi connectivity index (χ0v) is 11.8. The Kier molecular flexibility index (Phi) is 5.45. The van der Waals surface area contributed by atoms with Crippen LogP contribution in [-0.2, 0) is 4.79 Å². The number of benzene rings is 1. The summed E-state index contributed by atoms with van der Waals surface area (Å²) in [6, 6.07) is 4.03. The number of amides is 2. The third kappa shape index (κ3) is 3.67. The van der Waals surface area contributed by atoms with E-state index in [2.05, 4.69) is 5.32 Å². The van der Waals surface area contributed by atoms with Crippen molar-refractivity contribution in [2.75, 3.05) is 20.6 Å². The van der Waals surface area contributed by atoms with Gasteiger partial charge in [-0.05, 0) is 6.07 Å². The molecule has 0 fully saturated rings. The summed E-state index contributed by atoms with van der Waals surface area (Å²) in [5, 5.41) is 13.0. The van der Waals surface area contributed by atoms with Crippen LogP contribution in [0.1, 0.15) is 16.8 Å². The predicted octanol–water partition coefficient (Wildman–Crippen LogP) is 1.46. The highest BCUT2D eigenvalue weighted by Gasteiger charge is 2.22. The van der Waals surface area contributed by atoms with Crippen LogP contribution >= 0.6 is 11.6 Å². The van der Waals surface area contributed by atoms with Crippen LogP contribution in [0.15, 0.2) is 18.2 Å².